The predicted molar refractivity (Wildman–Crippen MR) is 77.2 cm³/mol. The van der Waals surface area contributed by atoms with Gasteiger partial charge in [-0.25, -0.2) is 0 Å². The molecule has 0 radical (unpaired) electrons. The minimum atomic E-state index is 0.111. The van der Waals surface area contributed by atoms with Crippen molar-refractivity contribution in [2.45, 2.75) is 40.2 Å². The average Bonchev–Trinajstić information content (AvgIpc) is 2.39. The Morgan fingerprint density at radius 2 is 2.06 bits per heavy atom. The smallest absolute Gasteiger partial charge is 0.256 e. The van der Waals surface area contributed by atoms with E-state index in [1.165, 1.54) is 0 Å². The second-order valence-corrected chi connectivity index (χ2v) is 4.65. The predicted octanol–water partition coefficient (Wildman–Crippen LogP) is 3.30. The minimum absolute atomic E-state index is 0.111. The van der Waals surface area contributed by atoms with Crippen LogP contribution in [0, 0.1) is 6.92 Å². The normalized spacial score (nSPS) is 12.1. The Kier molecular flexibility index (Phi) is 5.20. The van der Waals surface area contributed by atoms with Gasteiger partial charge in [0.2, 0.25) is 0 Å². The Bertz CT molecular complexity index is 415. The first-order chi connectivity index (χ1) is 8.54. The van der Waals surface area contributed by atoms with Crippen molar-refractivity contribution < 1.29 is 4.79 Å². The summed E-state index contributed by atoms with van der Waals surface area (Å²) in [4.78, 5) is 14.5. The van der Waals surface area contributed by atoms with E-state index in [1.54, 1.807) is 0 Å². The highest BCUT2D eigenvalue weighted by Crippen LogP contribution is 2.20. The number of nitrogens with zero attached hydrogens (tertiary/aromatic N) is 1. The quantitative estimate of drug-likeness (QED) is 0.867. The van der Waals surface area contributed by atoms with Crippen LogP contribution in [0.3, 0.4) is 0 Å². The van der Waals surface area contributed by atoms with Crippen molar-refractivity contribution >= 4 is 11.6 Å². The molecule has 0 aromatic heterocycles. The summed E-state index contributed by atoms with van der Waals surface area (Å²) in [6, 6.07) is 6.21. The summed E-state index contributed by atoms with van der Waals surface area (Å²) in [7, 11) is 1.85. The number of hydrogen-bond acceptors (Lipinski definition) is 2. The van der Waals surface area contributed by atoms with Gasteiger partial charge < -0.3 is 10.2 Å². The molecule has 0 saturated carbocycles. The zero-order chi connectivity index (χ0) is 13.7. The summed E-state index contributed by atoms with van der Waals surface area (Å²) in [5, 5.41) is 3.09. The van der Waals surface area contributed by atoms with Crippen LogP contribution in [-0.4, -0.2) is 30.4 Å². The van der Waals surface area contributed by atoms with Crippen molar-refractivity contribution in [1.82, 2.24) is 4.90 Å². The summed E-state index contributed by atoms with van der Waals surface area (Å²) in [5.41, 5.74) is 2.77. The van der Waals surface area contributed by atoms with E-state index in [0.717, 1.165) is 29.8 Å². The number of amides is 1. The Balaban J connectivity index is 3.11. The molecule has 1 atom stereocenters. The highest BCUT2D eigenvalue weighted by molar-refractivity contribution is 6.00. The first-order valence-electron chi connectivity index (χ1n) is 6.64. The highest BCUT2D eigenvalue weighted by Gasteiger charge is 2.21. The van der Waals surface area contributed by atoms with E-state index in [2.05, 4.69) is 19.2 Å². The van der Waals surface area contributed by atoms with Gasteiger partial charge in [0.1, 0.15) is 0 Å². The molecule has 0 aliphatic carbocycles. The minimum Gasteiger partial charge on any atom is -0.387 e. The summed E-state index contributed by atoms with van der Waals surface area (Å²) < 4.78 is 0. The summed E-state index contributed by atoms with van der Waals surface area (Å²) in [6.07, 6.45) is 0.973. The van der Waals surface area contributed by atoms with Gasteiger partial charge in [0, 0.05) is 25.3 Å². The highest BCUT2D eigenvalue weighted by atomic mass is 16.2. The van der Waals surface area contributed by atoms with Crippen LogP contribution in [0.1, 0.15) is 43.1 Å². The topological polar surface area (TPSA) is 32.3 Å². The molecule has 100 valence electrons. The maximum absolute atomic E-state index is 12.6. The molecule has 18 heavy (non-hydrogen) atoms. The fourth-order valence-corrected chi connectivity index (χ4v) is 2.08. The number of benzene rings is 1. The molecule has 0 saturated heterocycles. The lowest BCUT2D eigenvalue weighted by Gasteiger charge is -2.28. The van der Waals surface area contributed by atoms with Gasteiger partial charge in [0.25, 0.3) is 5.91 Å². The van der Waals surface area contributed by atoms with Gasteiger partial charge in [-0.2, -0.15) is 0 Å². The monoisotopic (exact) mass is 248 g/mol. The lowest BCUT2D eigenvalue weighted by atomic mass is 10.1. The van der Waals surface area contributed by atoms with E-state index in [9.17, 15) is 4.79 Å². The molecule has 1 aromatic rings. The Morgan fingerprint density at radius 1 is 1.39 bits per heavy atom. The molecule has 1 amide bonds. The Labute approximate surface area is 110 Å². The van der Waals surface area contributed by atoms with E-state index in [-0.39, 0.29) is 11.9 Å². The van der Waals surface area contributed by atoms with E-state index >= 15 is 0 Å². The summed E-state index contributed by atoms with van der Waals surface area (Å²) in [5.74, 6) is 0.111. The van der Waals surface area contributed by atoms with Crippen LogP contribution in [0.5, 0.6) is 0 Å². The first-order valence-corrected chi connectivity index (χ1v) is 6.64. The van der Waals surface area contributed by atoms with E-state index < -0.39 is 0 Å². The molecular weight excluding hydrogens is 224 g/mol. The summed E-state index contributed by atoms with van der Waals surface area (Å²) in [6.45, 7) is 8.98. The third-order valence-corrected chi connectivity index (χ3v) is 3.40. The number of hydrogen-bond donors (Lipinski definition) is 1. The van der Waals surface area contributed by atoms with Crippen LogP contribution in [0.4, 0.5) is 5.69 Å². The van der Waals surface area contributed by atoms with Gasteiger partial charge in [0.15, 0.2) is 0 Å². The first kappa shape index (κ1) is 14.6. The van der Waals surface area contributed by atoms with Gasteiger partial charge in [-0.3, -0.25) is 4.79 Å². The molecule has 0 fully saturated rings. The molecule has 0 spiro atoms. The van der Waals surface area contributed by atoms with Crippen LogP contribution in [0.15, 0.2) is 18.2 Å². The van der Waals surface area contributed by atoms with Gasteiger partial charge in [-0.15, -0.1) is 0 Å². The van der Waals surface area contributed by atoms with Crippen molar-refractivity contribution in [2.24, 2.45) is 0 Å². The van der Waals surface area contributed by atoms with Crippen LogP contribution in [0.2, 0.25) is 0 Å². The van der Waals surface area contributed by atoms with Gasteiger partial charge in [0.05, 0.1) is 5.56 Å². The van der Waals surface area contributed by atoms with E-state index in [0.29, 0.717) is 0 Å². The molecule has 1 rings (SSSR count). The molecule has 0 heterocycles. The third-order valence-electron chi connectivity index (χ3n) is 3.40. The molecule has 0 aliphatic heterocycles. The molecular formula is C15H24N2O. The summed E-state index contributed by atoms with van der Waals surface area (Å²) >= 11 is 0. The fourth-order valence-electron chi connectivity index (χ4n) is 2.08. The SMILES string of the molecule is CCC(C)N(CC)C(=O)c1cc(C)ccc1NC. The number of aryl methyl sites for hydroxylation is 1. The Hall–Kier alpha value is -1.51. The van der Waals surface area contributed by atoms with Crippen molar-refractivity contribution in [3.8, 4) is 0 Å². The van der Waals surface area contributed by atoms with E-state index in [1.807, 2.05) is 44.0 Å². The number of anilines is 1. The van der Waals surface area contributed by atoms with Crippen LogP contribution < -0.4 is 5.32 Å². The standard InChI is InChI=1S/C15H24N2O/c1-6-12(4)17(7-2)15(18)13-10-11(3)8-9-14(13)16-5/h8-10,12,16H,6-7H2,1-5H3. The molecule has 1 N–H and O–H groups in total. The van der Waals surface area contributed by atoms with Crippen molar-refractivity contribution in [2.75, 3.05) is 18.9 Å². The molecule has 3 heteroatoms. The molecule has 0 aliphatic rings. The number of carbonyl (C=O) groups is 1. The Morgan fingerprint density at radius 3 is 2.56 bits per heavy atom. The maximum atomic E-state index is 12.6. The lowest BCUT2D eigenvalue weighted by molar-refractivity contribution is 0.0701. The third kappa shape index (κ3) is 3.03. The maximum Gasteiger partial charge on any atom is 0.256 e. The zero-order valence-corrected chi connectivity index (χ0v) is 12.1. The molecule has 0 bridgehead atoms. The van der Waals surface area contributed by atoms with Gasteiger partial charge >= 0.3 is 0 Å². The fraction of sp³-hybridized carbons (Fsp3) is 0.533. The van der Waals surface area contributed by atoms with Crippen molar-refractivity contribution in [3.05, 3.63) is 29.3 Å². The van der Waals surface area contributed by atoms with Crippen molar-refractivity contribution in [3.63, 3.8) is 0 Å². The average molecular weight is 248 g/mol. The molecule has 1 aromatic carbocycles. The molecule has 3 nitrogen and oxygen atoms in total. The van der Waals surface area contributed by atoms with E-state index in [4.69, 9.17) is 0 Å². The second-order valence-electron chi connectivity index (χ2n) is 4.65. The molecule has 1 unspecified atom stereocenters. The van der Waals surface area contributed by atoms with Crippen molar-refractivity contribution in [1.29, 1.82) is 0 Å². The van der Waals surface area contributed by atoms with Gasteiger partial charge in [-0.1, -0.05) is 18.6 Å². The van der Waals surface area contributed by atoms with Gasteiger partial charge in [-0.05, 0) is 39.3 Å². The number of nitrogens with one attached hydrogen (secondary N) is 1. The second kappa shape index (κ2) is 6.43. The number of rotatable bonds is 5. The van der Waals surface area contributed by atoms with Crippen LogP contribution in [-0.2, 0) is 0 Å². The largest absolute Gasteiger partial charge is 0.387 e. The number of carbonyl (C=O) groups excluding carboxylic acids is 1. The lowest BCUT2D eigenvalue weighted by Crippen LogP contribution is -2.38. The van der Waals surface area contributed by atoms with Crippen LogP contribution >= 0.6 is 0 Å². The van der Waals surface area contributed by atoms with Crippen LogP contribution in [0.25, 0.3) is 0 Å². The zero-order valence-electron chi connectivity index (χ0n) is 12.1.